The third kappa shape index (κ3) is 4.83. The zero-order chi connectivity index (χ0) is 21.5. The SMILES string of the molecule is CCOC(=O)CCNC(=O)N[C@H]1N=C(c2ccccc2)c2ccccc2N(C)C1=O. The molecule has 0 bridgehead atoms. The maximum atomic E-state index is 13.0. The van der Waals surface area contributed by atoms with Crippen molar-refractivity contribution in [2.45, 2.75) is 19.5 Å². The van der Waals surface area contributed by atoms with Crippen molar-refractivity contribution in [2.75, 3.05) is 25.1 Å². The summed E-state index contributed by atoms with van der Waals surface area (Å²) in [5.74, 6) is -0.767. The standard InChI is InChI=1S/C22H24N4O4/c1-3-30-18(27)13-14-23-22(29)25-20-21(28)26(2)17-12-8-7-11-16(17)19(24-20)15-9-5-4-6-10-15/h4-12,20H,3,13-14H2,1-2H3,(H2,23,25,29)/t20-/m1/s1. The number of nitrogens with zero attached hydrogens (tertiary/aromatic N) is 2. The van der Waals surface area contributed by atoms with E-state index in [1.165, 1.54) is 4.90 Å². The third-order valence-electron chi connectivity index (χ3n) is 4.58. The lowest BCUT2D eigenvalue weighted by atomic mass is 10.0. The van der Waals surface area contributed by atoms with Crippen molar-refractivity contribution >= 4 is 29.3 Å². The highest BCUT2D eigenvalue weighted by Crippen LogP contribution is 2.26. The summed E-state index contributed by atoms with van der Waals surface area (Å²) in [6.07, 6.45) is -1.07. The number of rotatable bonds is 6. The summed E-state index contributed by atoms with van der Waals surface area (Å²) in [6.45, 7) is 2.09. The van der Waals surface area contributed by atoms with Crippen LogP contribution in [-0.2, 0) is 14.3 Å². The Morgan fingerprint density at radius 2 is 1.80 bits per heavy atom. The summed E-state index contributed by atoms with van der Waals surface area (Å²) in [5.41, 5.74) is 2.95. The van der Waals surface area contributed by atoms with Crippen LogP contribution < -0.4 is 15.5 Å². The molecule has 3 rings (SSSR count). The van der Waals surface area contributed by atoms with Gasteiger partial charge in [-0.1, -0.05) is 48.5 Å². The number of likely N-dealkylation sites (N-methyl/N-ethyl adjacent to an activating group) is 1. The predicted molar refractivity (Wildman–Crippen MR) is 114 cm³/mol. The van der Waals surface area contributed by atoms with Gasteiger partial charge in [0.05, 0.1) is 24.4 Å². The number of carbonyl (C=O) groups is 3. The molecule has 1 atom stereocenters. The number of carbonyl (C=O) groups excluding carboxylic acids is 3. The molecule has 1 aliphatic heterocycles. The van der Waals surface area contributed by atoms with Crippen molar-refractivity contribution in [3.63, 3.8) is 0 Å². The Morgan fingerprint density at radius 1 is 1.10 bits per heavy atom. The fourth-order valence-electron chi connectivity index (χ4n) is 3.13. The number of benzene rings is 2. The Hall–Kier alpha value is -3.68. The molecule has 0 saturated heterocycles. The molecule has 3 amide bonds. The topological polar surface area (TPSA) is 100 Å². The van der Waals surface area contributed by atoms with E-state index in [-0.39, 0.29) is 25.5 Å². The van der Waals surface area contributed by atoms with E-state index < -0.39 is 18.2 Å². The van der Waals surface area contributed by atoms with Gasteiger partial charge in [0.2, 0.25) is 6.17 Å². The number of hydrogen-bond acceptors (Lipinski definition) is 5. The van der Waals surface area contributed by atoms with Crippen molar-refractivity contribution in [1.29, 1.82) is 0 Å². The van der Waals surface area contributed by atoms with Crippen LogP contribution in [0, 0.1) is 0 Å². The quantitative estimate of drug-likeness (QED) is 0.715. The smallest absolute Gasteiger partial charge is 0.316 e. The van der Waals surface area contributed by atoms with Crippen LogP contribution in [0.5, 0.6) is 0 Å². The summed E-state index contributed by atoms with van der Waals surface area (Å²) < 4.78 is 4.83. The third-order valence-corrected chi connectivity index (χ3v) is 4.58. The van der Waals surface area contributed by atoms with Crippen LogP contribution in [0.1, 0.15) is 24.5 Å². The fourth-order valence-corrected chi connectivity index (χ4v) is 3.13. The fraction of sp³-hybridized carbons (Fsp3) is 0.273. The molecule has 0 radical (unpaired) electrons. The van der Waals surface area contributed by atoms with E-state index in [0.29, 0.717) is 11.4 Å². The monoisotopic (exact) mass is 408 g/mol. The van der Waals surface area contributed by atoms with E-state index in [9.17, 15) is 14.4 Å². The second kappa shape index (κ2) is 9.69. The summed E-state index contributed by atoms with van der Waals surface area (Å²) in [4.78, 5) is 42.8. The van der Waals surface area contributed by atoms with Gasteiger partial charge in [0.1, 0.15) is 0 Å². The maximum absolute atomic E-state index is 13.0. The second-order valence-electron chi connectivity index (χ2n) is 6.62. The van der Waals surface area contributed by atoms with Gasteiger partial charge in [0.15, 0.2) is 0 Å². The highest BCUT2D eigenvalue weighted by atomic mass is 16.5. The van der Waals surface area contributed by atoms with Crippen LogP contribution in [0.15, 0.2) is 59.6 Å². The molecule has 0 unspecified atom stereocenters. The number of anilines is 1. The highest BCUT2D eigenvalue weighted by Gasteiger charge is 2.30. The van der Waals surface area contributed by atoms with E-state index in [1.807, 2.05) is 54.6 Å². The number of fused-ring (bicyclic) bond motifs is 1. The van der Waals surface area contributed by atoms with Crippen LogP contribution in [0.4, 0.5) is 10.5 Å². The summed E-state index contributed by atoms with van der Waals surface area (Å²) in [7, 11) is 1.65. The number of ether oxygens (including phenoxy) is 1. The van der Waals surface area contributed by atoms with Gasteiger partial charge < -0.3 is 20.3 Å². The lowest BCUT2D eigenvalue weighted by molar-refractivity contribution is -0.142. The highest BCUT2D eigenvalue weighted by molar-refractivity contribution is 6.20. The van der Waals surface area contributed by atoms with E-state index in [1.54, 1.807) is 14.0 Å². The van der Waals surface area contributed by atoms with Gasteiger partial charge in [-0.05, 0) is 13.0 Å². The first-order chi connectivity index (χ1) is 14.5. The Morgan fingerprint density at radius 3 is 2.53 bits per heavy atom. The number of esters is 1. The summed E-state index contributed by atoms with van der Waals surface area (Å²) in [6, 6.07) is 16.4. The summed E-state index contributed by atoms with van der Waals surface area (Å²) in [5, 5.41) is 5.16. The molecule has 8 heteroatoms. The zero-order valence-electron chi connectivity index (χ0n) is 16.9. The van der Waals surface area contributed by atoms with Crippen LogP contribution >= 0.6 is 0 Å². The number of amides is 3. The molecule has 30 heavy (non-hydrogen) atoms. The Balaban J connectivity index is 1.83. The van der Waals surface area contributed by atoms with Gasteiger partial charge in [0, 0.05) is 24.7 Å². The molecular formula is C22H24N4O4. The van der Waals surface area contributed by atoms with Gasteiger partial charge in [-0.3, -0.25) is 9.59 Å². The van der Waals surface area contributed by atoms with Crippen molar-refractivity contribution in [3.8, 4) is 0 Å². The average molecular weight is 408 g/mol. The molecular weight excluding hydrogens is 384 g/mol. The molecule has 2 N–H and O–H groups in total. The zero-order valence-corrected chi connectivity index (χ0v) is 16.9. The minimum absolute atomic E-state index is 0.0454. The average Bonchev–Trinajstić information content (AvgIpc) is 2.85. The largest absolute Gasteiger partial charge is 0.466 e. The van der Waals surface area contributed by atoms with Crippen molar-refractivity contribution in [3.05, 3.63) is 65.7 Å². The number of urea groups is 1. The molecule has 0 aromatic heterocycles. The molecule has 2 aromatic rings. The first-order valence-electron chi connectivity index (χ1n) is 9.71. The molecule has 156 valence electrons. The number of nitrogens with one attached hydrogen (secondary N) is 2. The Labute approximate surface area is 174 Å². The van der Waals surface area contributed by atoms with Gasteiger partial charge in [-0.2, -0.15) is 0 Å². The van der Waals surface area contributed by atoms with Crippen LogP contribution in [0.3, 0.4) is 0 Å². The van der Waals surface area contributed by atoms with Gasteiger partial charge in [0.25, 0.3) is 5.91 Å². The molecule has 0 fully saturated rings. The van der Waals surface area contributed by atoms with Gasteiger partial charge in [-0.25, -0.2) is 9.79 Å². The van der Waals surface area contributed by atoms with E-state index >= 15 is 0 Å². The number of para-hydroxylation sites is 1. The molecule has 0 saturated carbocycles. The Bertz CT molecular complexity index is 959. The van der Waals surface area contributed by atoms with Crippen molar-refractivity contribution in [2.24, 2.45) is 4.99 Å². The predicted octanol–water partition coefficient (Wildman–Crippen LogP) is 2.08. The van der Waals surface area contributed by atoms with E-state index in [4.69, 9.17) is 4.74 Å². The minimum atomic E-state index is -1.11. The van der Waals surface area contributed by atoms with Crippen molar-refractivity contribution in [1.82, 2.24) is 10.6 Å². The van der Waals surface area contributed by atoms with Crippen LogP contribution in [0.2, 0.25) is 0 Å². The van der Waals surface area contributed by atoms with Crippen molar-refractivity contribution < 1.29 is 19.1 Å². The Kier molecular flexibility index (Phi) is 6.79. The maximum Gasteiger partial charge on any atom is 0.316 e. The molecule has 0 aliphatic carbocycles. The normalized spacial score (nSPS) is 15.5. The van der Waals surface area contributed by atoms with Gasteiger partial charge in [-0.15, -0.1) is 0 Å². The van der Waals surface area contributed by atoms with Crippen LogP contribution in [-0.4, -0.2) is 50.0 Å². The molecule has 0 spiro atoms. The first-order valence-corrected chi connectivity index (χ1v) is 9.71. The minimum Gasteiger partial charge on any atom is -0.466 e. The van der Waals surface area contributed by atoms with E-state index in [0.717, 1.165) is 11.1 Å². The number of benzodiazepines with no additional fused rings is 1. The second-order valence-corrected chi connectivity index (χ2v) is 6.62. The number of hydrogen-bond donors (Lipinski definition) is 2. The summed E-state index contributed by atoms with van der Waals surface area (Å²) >= 11 is 0. The molecule has 2 aromatic carbocycles. The van der Waals surface area contributed by atoms with Crippen LogP contribution in [0.25, 0.3) is 0 Å². The first kappa shape index (κ1) is 21.0. The van der Waals surface area contributed by atoms with Gasteiger partial charge >= 0.3 is 12.0 Å². The molecule has 1 aliphatic rings. The van der Waals surface area contributed by atoms with E-state index in [2.05, 4.69) is 15.6 Å². The lowest BCUT2D eigenvalue weighted by Gasteiger charge is -2.21. The lowest BCUT2D eigenvalue weighted by Crippen LogP contribution is -2.49. The molecule has 1 heterocycles. The molecule has 8 nitrogen and oxygen atoms in total. The number of aliphatic imine (C=N–C) groups is 1.